The Balaban J connectivity index is 0.890. The smallest absolute Gasteiger partial charge is 0.330 e. The quantitative estimate of drug-likeness (QED) is 0.0894. The van der Waals surface area contributed by atoms with Crippen molar-refractivity contribution in [1.82, 2.24) is 9.80 Å². The summed E-state index contributed by atoms with van der Waals surface area (Å²) in [6, 6.07) is 19.7. The third-order valence-corrected chi connectivity index (χ3v) is 10.1. The maximum atomic E-state index is 13.7. The number of carbonyl (C=O) groups is 4. The summed E-state index contributed by atoms with van der Waals surface area (Å²) in [6.45, 7) is 1.87. The van der Waals surface area contributed by atoms with Crippen molar-refractivity contribution < 1.29 is 42.9 Å². The van der Waals surface area contributed by atoms with Gasteiger partial charge in [0.1, 0.15) is 0 Å². The summed E-state index contributed by atoms with van der Waals surface area (Å²) in [5, 5.41) is 0. The average molecular weight is 697 g/mol. The SMILES string of the molecule is COc1cc(/C=C/C(=O)OCCCN(C)CCCOC(=O)CCN2C(=O)C3C4c5ccccc5C(c5ccccc54)C3C2=O)cc(OC)c1OC. The molecule has 4 aliphatic rings. The van der Waals surface area contributed by atoms with E-state index < -0.39 is 23.8 Å². The number of rotatable bonds is 16. The maximum Gasteiger partial charge on any atom is 0.330 e. The van der Waals surface area contributed by atoms with Gasteiger partial charge in [0.05, 0.1) is 52.8 Å². The summed E-state index contributed by atoms with van der Waals surface area (Å²) in [5.74, 6) is -1.08. The molecule has 0 saturated carbocycles. The lowest BCUT2D eigenvalue weighted by molar-refractivity contribution is -0.146. The molecule has 1 aliphatic heterocycles. The topological polar surface area (TPSA) is 121 Å². The fourth-order valence-electron chi connectivity index (χ4n) is 7.78. The predicted octanol–water partition coefficient (Wildman–Crippen LogP) is 4.81. The van der Waals surface area contributed by atoms with Gasteiger partial charge in [-0.15, -0.1) is 0 Å². The van der Waals surface area contributed by atoms with Gasteiger partial charge in [-0.1, -0.05) is 48.5 Å². The lowest BCUT2D eigenvalue weighted by atomic mass is 9.55. The zero-order valence-corrected chi connectivity index (χ0v) is 29.5. The molecule has 1 fully saturated rings. The standard InChI is InChI=1S/C40H44N2O9/c1-41(18-9-21-50-32(43)16-15-25-23-30(47-2)38(49-4)31(24-25)48-3)19-10-22-51-33(44)17-20-42-39(45)36-34-26-11-5-6-12-27(26)35(37(36)40(42)46)29-14-8-7-13-28(29)34/h5-8,11-16,23-24,34-37H,9-10,17-22H2,1-4H3/b16-15+. The summed E-state index contributed by atoms with van der Waals surface area (Å²) >= 11 is 0. The Labute approximate surface area is 298 Å². The monoisotopic (exact) mass is 696 g/mol. The molecule has 2 amide bonds. The highest BCUT2D eigenvalue weighted by atomic mass is 16.5. The Hall–Kier alpha value is -5.16. The van der Waals surface area contributed by atoms with Crippen LogP contribution in [0.25, 0.3) is 6.08 Å². The largest absolute Gasteiger partial charge is 0.493 e. The van der Waals surface area contributed by atoms with E-state index in [1.165, 1.54) is 32.3 Å². The molecule has 1 saturated heterocycles. The fourth-order valence-corrected chi connectivity index (χ4v) is 7.78. The van der Waals surface area contributed by atoms with Crippen LogP contribution in [0.4, 0.5) is 0 Å². The van der Waals surface area contributed by atoms with Crippen LogP contribution in [0.2, 0.25) is 0 Å². The molecule has 3 aliphatic carbocycles. The molecule has 268 valence electrons. The van der Waals surface area contributed by atoms with Crippen molar-refractivity contribution in [2.45, 2.75) is 31.1 Å². The molecule has 3 aromatic carbocycles. The number of esters is 2. The number of amides is 2. The van der Waals surface area contributed by atoms with Crippen molar-refractivity contribution in [3.05, 3.63) is 94.6 Å². The Morgan fingerprint density at radius 3 is 1.71 bits per heavy atom. The van der Waals surface area contributed by atoms with Crippen LogP contribution in [-0.4, -0.2) is 94.8 Å². The van der Waals surface area contributed by atoms with Crippen LogP contribution in [0.1, 0.15) is 58.9 Å². The molecule has 2 atom stereocenters. The van der Waals surface area contributed by atoms with Gasteiger partial charge in [0.15, 0.2) is 11.5 Å². The number of methoxy groups -OCH3 is 3. The van der Waals surface area contributed by atoms with Crippen molar-refractivity contribution >= 4 is 29.8 Å². The molecule has 0 aromatic heterocycles. The van der Waals surface area contributed by atoms with Crippen LogP contribution in [0, 0.1) is 11.8 Å². The number of carbonyl (C=O) groups excluding carboxylic acids is 4. The zero-order chi connectivity index (χ0) is 36.1. The van der Waals surface area contributed by atoms with Gasteiger partial charge in [-0.3, -0.25) is 19.3 Å². The summed E-state index contributed by atoms with van der Waals surface area (Å²) < 4.78 is 26.8. The van der Waals surface area contributed by atoms with Gasteiger partial charge >= 0.3 is 11.9 Å². The summed E-state index contributed by atoms with van der Waals surface area (Å²) in [5.41, 5.74) is 5.19. The minimum absolute atomic E-state index is 0.0198. The van der Waals surface area contributed by atoms with Gasteiger partial charge in [-0.2, -0.15) is 0 Å². The Morgan fingerprint density at radius 2 is 1.24 bits per heavy atom. The molecule has 2 bridgehead atoms. The van der Waals surface area contributed by atoms with Crippen LogP contribution in [0.3, 0.4) is 0 Å². The van der Waals surface area contributed by atoms with E-state index in [2.05, 4.69) is 29.2 Å². The fraction of sp³-hybridized carbons (Fsp3) is 0.400. The van der Waals surface area contributed by atoms with Crippen LogP contribution in [0.5, 0.6) is 17.2 Å². The van der Waals surface area contributed by atoms with E-state index in [1.54, 1.807) is 18.2 Å². The first-order valence-corrected chi connectivity index (χ1v) is 17.3. The van der Waals surface area contributed by atoms with Crippen LogP contribution in [0.15, 0.2) is 66.7 Å². The second-order valence-electron chi connectivity index (χ2n) is 13.0. The highest BCUT2D eigenvalue weighted by Crippen LogP contribution is 2.60. The van der Waals surface area contributed by atoms with Crippen LogP contribution < -0.4 is 14.2 Å². The van der Waals surface area contributed by atoms with Gasteiger partial charge in [0, 0.05) is 37.5 Å². The van der Waals surface area contributed by atoms with Crippen molar-refractivity contribution in [1.29, 1.82) is 0 Å². The van der Waals surface area contributed by atoms with E-state index in [0.29, 0.717) is 48.7 Å². The molecule has 7 rings (SSSR count). The average Bonchev–Trinajstić information content (AvgIpc) is 3.41. The number of ether oxygens (including phenoxy) is 5. The first kappa shape index (κ1) is 35.7. The summed E-state index contributed by atoms with van der Waals surface area (Å²) in [6.07, 6.45) is 4.18. The van der Waals surface area contributed by atoms with Crippen LogP contribution >= 0.6 is 0 Å². The second-order valence-corrected chi connectivity index (χ2v) is 13.0. The number of nitrogens with zero attached hydrogens (tertiary/aromatic N) is 2. The maximum absolute atomic E-state index is 13.7. The summed E-state index contributed by atoms with van der Waals surface area (Å²) in [7, 11) is 6.52. The molecule has 0 radical (unpaired) electrons. The van der Waals surface area contributed by atoms with Gasteiger partial charge in [0.25, 0.3) is 0 Å². The van der Waals surface area contributed by atoms with Crippen LogP contribution in [-0.2, 0) is 28.7 Å². The van der Waals surface area contributed by atoms with E-state index >= 15 is 0 Å². The predicted molar refractivity (Wildman–Crippen MR) is 189 cm³/mol. The lowest BCUT2D eigenvalue weighted by Gasteiger charge is -2.45. The minimum atomic E-state index is -0.461. The van der Waals surface area contributed by atoms with Gasteiger partial charge < -0.3 is 28.6 Å². The number of hydrogen-bond donors (Lipinski definition) is 0. The highest BCUT2D eigenvalue weighted by molar-refractivity contribution is 6.08. The number of benzene rings is 3. The van der Waals surface area contributed by atoms with Crippen molar-refractivity contribution in [2.75, 3.05) is 61.2 Å². The first-order chi connectivity index (χ1) is 24.8. The van der Waals surface area contributed by atoms with Gasteiger partial charge in [-0.05, 0) is 65.9 Å². The Bertz CT molecular complexity index is 1680. The van der Waals surface area contributed by atoms with Crippen molar-refractivity contribution in [2.24, 2.45) is 11.8 Å². The van der Waals surface area contributed by atoms with E-state index in [-0.39, 0.29) is 49.8 Å². The number of hydrogen-bond acceptors (Lipinski definition) is 10. The highest BCUT2D eigenvalue weighted by Gasteiger charge is 2.61. The van der Waals surface area contributed by atoms with E-state index in [4.69, 9.17) is 23.7 Å². The molecule has 2 unspecified atom stereocenters. The minimum Gasteiger partial charge on any atom is -0.493 e. The summed E-state index contributed by atoms with van der Waals surface area (Å²) in [4.78, 5) is 55.6. The van der Waals surface area contributed by atoms with Crippen molar-refractivity contribution in [3.63, 3.8) is 0 Å². The molecule has 51 heavy (non-hydrogen) atoms. The third kappa shape index (κ3) is 7.21. The molecule has 1 heterocycles. The van der Waals surface area contributed by atoms with Crippen molar-refractivity contribution in [3.8, 4) is 17.2 Å². The zero-order valence-electron chi connectivity index (χ0n) is 29.5. The molecular weight excluding hydrogens is 652 g/mol. The van der Waals surface area contributed by atoms with Gasteiger partial charge in [-0.25, -0.2) is 4.79 Å². The molecule has 0 spiro atoms. The molecule has 11 heteroatoms. The van der Waals surface area contributed by atoms with E-state index in [9.17, 15) is 19.2 Å². The number of imide groups is 1. The molecule has 0 N–H and O–H groups in total. The molecule has 3 aromatic rings. The van der Waals surface area contributed by atoms with Gasteiger partial charge in [0.2, 0.25) is 17.6 Å². The first-order valence-electron chi connectivity index (χ1n) is 17.3. The third-order valence-electron chi connectivity index (χ3n) is 10.1. The van der Waals surface area contributed by atoms with E-state index in [1.807, 2.05) is 31.3 Å². The Kier molecular flexibility index (Phi) is 11.1. The Morgan fingerprint density at radius 1 is 0.745 bits per heavy atom. The normalized spacial score (nSPS) is 19.9. The lowest BCUT2D eigenvalue weighted by Crippen LogP contribution is -2.41. The molecular formula is C40H44N2O9. The second kappa shape index (κ2) is 15.8. The number of likely N-dealkylation sites (tertiary alicyclic amines) is 1. The van der Waals surface area contributed by atoms with E-state index in [0.717, 1.165) is 22.3 Å². The molecule has 11 nitrogen and oxygen atoms in total.